The van der Waals surface area contributed by atoms with Gasteiger partial charge in [-0.15, -0.1) is 0 Å². The summed E-state index contributed by atoms with van der Waals surface area (Å²) >= 11 is 0. The lowest BCUT2D eigenvalue weighted by Crippen LogP contribution is -2.38. The first-order valence-corrected chi connectivity index (χ1v) is 8.51. The second-order valence-electron chi connectivity index (χ2n) is 6.76. The number of anilines is 2. The van der Waals surface area contributed by atoms with Gasteiger partial charge in [-0.05, 0) is 62.8 Å². The van der Waals surface area contributed by atoms with Crippen molar-refractivity contribution >= 4 is 17.3 Å². The van der Waals surface area contributed by atoms with Crippen LogP contribution in [0.25, 0.3) is 0 Å². The molecule has 1 saturated carbocycles. The van der Waals surface area contributed by atoms with Gasteiger partial charge < -0.3 is 16.0 Å². The predicted octanol–water partition coefficient (Wildman–Crippen LogP) is 3.29. The summed E-state index contributed by atoms with van der Waals surface area (Å²) in [6.45, 7) is 4.75. The second kappa shape index (κ2) is 6.69. The van der Waals surface area contributed by atoms with Crippen LogP contribution in [0, 0.1) is 12.8 Å². The highest BCUT2D eigenvalue weighted by Gasteiger charge is 2.34. The van der Waals surface area contributed by atoms with E-state index in [0.717, 1.165) is 22.9 Å². The number of nitrogens with one attached hydrogen (secondary N) is 3. The Labute approximate surface area is 133 Å². The maximum Gasteiger partial charge on any atom is 0.221 e. The van der Waals surface area contributed by atoms with Gasteiger partial charge >= 0.3 is 0 Å². The lowest BCUT2D eigenvalue weighted by Gasteiger charge is -2.27. The second-order valence-corrected chi connectivity index (χ2v) is 6.76. The molecule has 2 aliphatic rings. The zero-order valence-electron chi connectivity index (χ0n) is 13.6. The number of rotatable bonds is 4. The minimum absolute atomic E-state index is 0.0193. The van der Waals surface area contributed by atoms with Gasteiger partial charge in [-0.25, -0.2) is 0 Å². The summed E-state index contributed by atoms with van der Waals surface area (Å²) < 4.78 is 0. The molecule has 22 heavy (non-hydrogen) atoms. The molecule has 120 valence electrons. The number of amides is 1. The molecular formula is C18H27N3O. The van der Waals surface area contributed by atoms with Crippen LogP contribution in [-0.2, 0) is 4.79 Å². The highest BCUT2D eigenvalue weighted by molar-refractivity contribution is 5.90. The third-order valence-electron chi connectivity index (χ3n) is 5.09. The van der Waals surface area contributed by atoms with Crippen molar-refractivity contribution in [3.63, 3.8) is 0 Å². The molecule has 4 heteroatoms. The standard InChI is InChI=1S/C18H27N3O/c1-12-8-9-14(11-18(12)20-13(2)22)21-17-6-3-5-15(17)16-7-4-10-19-16/h8-9,11,15-17,19,21H,3-7,10H2,1-2H3,(H,20,22). The normalized spacial score (nSPS) is 27.8. The van der Waals surface area contributed by atoms with E-state index in [-0.39, 0.29) is 5.91 Å². The molecule has 3 atom stereocenters. The number of carbonyl (C=O) groups excluding carboxylic acids is 1. The van der Waals surface area contributed by atoms with Crippen LogP contribution in [0.2, 0.25) is 0 Å². The van der Waals surface area contributed by atoms with E-state index in [1.165, 1.54) is 38.6 Å². The molecule has 1 aliphatic heterocycles. The summed E-state index contributed by atoms with van der Waals surface area (Å²) in [5.74, 6) is 0.710. The molecule has 2 fully saturated rings. The van der Waals surface area contributed by atoms with Crippen LogP contribution in [0.15, 0.2) is 18.2 Å². The minimum Gasteiger partial charge on any atom is -0.382 e. The zero-order valence-corrected chi connectivity index (χ0v) is 13.6. The Balaban J connectivity index is 1.70. The van der Waals surface area contributed by atoms with Crippen LogP contribution < -0.4 is 16.0 Å². The van der Waals surface area contributed by atoms with Crippen LogP contribution in [0.3, 0.4) is 0 Å². The number of hydrogen-bond acceptors (Lipinski definition) is 3. The van der Waals surface area contributed by atoms with Crippen molar-refractivity contribution in [2.45, 2.75) is 58.0 Å². The molecule has 0 radical (unpaired) electrons. The molecule has 1 aromatic carbocycles. The van der Waals surface area contributed by atoms with E-state index in [2.05, 4.69) is 34.1 Å². The SMILES string of the molecule is CC(=O)Nc1cc(NC2CCCC2C2CCCN2)ccc1C. The highest BCUT2D eigenvalue weighted by atomic mass is 16.1. The molecule has 0 spiro atoms. The van der Waals surface area contributed by atoms with Gasteiger partial charge in [0.25, 0.3) is 0 Å². The van der Waals surface area contributed by atoms with Crippen molar-refractivity contribution < 1.29 is 4.79 Å². The van der Waals surface area contributed by atoms with E-state index in [0.29, 0.717) is 12.1 Å². The molecular weight excluding hydrogens is 274 g/mol. The predicted molar refractivity (Wildman–Crippen MR) is 91.3 cm³/mol. The molecule has 0 aromatic heterocycles. The van der Waals surface area contributed by atoms with E-state index in [4.69, 9.17) is 0 Å². The van der Waals surface area contributed by atoms with Gasteiger partial charge in [0.15, 0.2) is 0 Å². The third kappa shape index (κ3) is 3.43. The minimum atomic E-state index is -0.0193. The molecule has 3 unspecified atom stereocenters. The van der Waals surface area contributed by atoms with E-state index in [1.807, 2.05) is 6.92 Å². The molecule has 3 N–H and O–H groups in total. The Hall–Kier alpha value is -1.55. The largest absolute Gasteiger partial charge is 0.382 e. The van der Waals surface area contributed by atoms with Gasteiger partial charge in [0.2, 0.25) is 5.91 Å². The Kier molecular flexibility index (Phi) is 4.67. The Morgan fingerprint density at radius 1 is 1.23 bits per heavy atom. The number of carbonyl (C=O) groups is 1. The van der Waals surface area contributed by atoms with Crippen LogP contribution in [0.1, 0.15) is 44.6 Å². The van der Waals surface area contributed by atoms with Crippen LogP contribution in [-0.4, -0.2) is 24.5 Å². The molecule has 1 amide bonds. The molecule has 1 heterocycles. The fourth-order valence-corrected chi connectivity index (χ4v) is 3.98. The monoisotopic (exact) mass is 301 g/mol. The molecule has 1 saturated heterocycles. The average molecular weight is 301 g/mol. The van der Waals surface area contributed by atoms with Crippen molar-refractivity contribution in [1.29, 1.82) is 0 Å². The van der Waals surface area contributed by atoms with Crippen LogP contribution in [0.5, 0.6) is 0 Å². The molecule has 4 nitrogen and oxygen atoms in total. The van der Waals surface area contributed by atoms with Gasteiger partial charge in [-0.2, -0.15) is 0 Å². The lowest BCUT2D eigenvalue weighted by atomic mass is 9.93. The van der Waals surface area contributed by atoms with E-state index < -0.39 is 0 Å². The summed E-state index contributed by atoms with van der Waals surface area (Å²) in [5.41, 5.74) is 3.12. The van der Waals surface area contributed by atoms with Crippen LogP contribution >= 0.6 is 0 Å². The van der Waals surface area contributed by atoms with Gasteiger partial charge in [0, 0.05) is 30.4 Å². The fourth-order valence-electron chi connectivity index (χ4n) is 3.98. The summed E-state index contributed by atoms with van der Waals surface area (Å²) in [4.78, 5) is 11.3. The molecule has 3 rings (SSSR count). The quantitative estimate of drug-likeness (QED) is 0.800. The lowest BCUT2D eigenvalue weighted by molar-refractivity contribution is -0.114. The summed E-state index contributed by atoms with van der Waals surface area (Å²) in [6, 6.07) is 7.49. The van der Waals surface area contributed by atoms with Crippen molar-refractivity contribution in [3.8, 4) is 0 Å². The number of hydrogen-bond donors (Lipinski definition) is 3. The van der Waals surface area contributed by atoms with Gasteiger partial charge in [0.1, 0.15) is 0 Å². The molecule has 1 aliphatic carbocycles. The first-order chi connectivity index (χ1) is 10.6. The topological polar surface area (TPSA) is 53.2 Å². The maximum absolute atomic E-state index is 11.3. The van der Waals surface area contributed by atoms with Crippen molar-refractivity contribution in [2.24, 2.45) is 5.92 Å². The smallest absolute Gasteiger partial charge is 0.221 e. The molecule has 0 bridgehead atoms. The Morgan fingerprint density at radius 2 is 2.09 bits per heavy atom. The van der Waals surface area contributed by atoms with E-state index >= 15 is 0 Å². The Bertz CT molecular complexity index is 537. The van der Waals surface area contributed by atoms with Gasteiger partial charge in [-0.1, -0.05) is 12.5 Å². The van der Waals surface area contributed by atoms with Gasteiger partial charge in [-0.3, -0.25) is 4.79 Å². The van der Waals surface area contributed by atoms with Crippen LogP contribution in [0.4, 0.5) is 11.4 Å². The van der Waals surface area contributed by atoms with Crippen molar-refractivity contribution in [2.75, 3.05) is 17.2 Å². The summed E-state index contributed by atoms with van der Waals surface area (Å²) in [7, 11) is 0. The maximum atomic E-state index is 11.3. The summed E-state index contributed by atoms with van der Waals surface area (Å²) in [5, 5.41) is 10.3. The first kappa shape index (κ1) is 15.3. The molecule has 1 aromatic rings. The average Bonchev–Trinajstić information content (AvgIpc) is 3.12. The fraction of sp³-hybridized carbons (Fsp3) is 0.611. The third-order valence-corrected chi connectivity index (χ3v) is 5.09. The first-order valence-electron chi connectivity index (χ1n) is 8.51. The number of aryl methyl sites for hydroxylation is 1. The Morgan fingerprint density at radius 3 is 2.82 bits per heavy atom. The summed E-state index contributed by atoms with van der Waals surface area (Å²) in [6.07, 6.45) is 6.50. The van der Waals surface area contributed by atoms with E-state index in [1.54, 1.807) is 6.92 Å². The van der Waals surface area contributed by atoms with Crippen molar-refractivity contribution in [3.05, 3.63) is 23.8 Å². The zero-order chi connectivity index (χ0) is 15.5. The highest BCUT2D eigenvalue weighted by Crippen LogP contribution is 2.34. The van der Waals surface area contributed by atoms with Crippen molar-refractivity contribution in [1.82, 2.24) is 5.32 Å². The van der Waals surface area contributed by atoms with E-state index in [9.17, 15) is 4.79 Å². The van der Waals surface area contributed by atoms with Gasteiger partial charge in [0.05, 0.1) is 0 Å². The number of benzene rings is 1.